The lowest BCUT2D eigenvalue weighted by Gasteiger charge is -2.33. The smallest absolute Gasteiger partial charge is 0.160 e. The topological polar surface area (TPSA) is 54.2 Å². The number of benzene rings is 7. The fraction of sp³-hybridized carbons (Fsp3) is 0.0455. The van der Waals surface area contributed by atoms with Gasteiger partial charge in [-0.2, -0.15) is 0 Å². The van der Waals surface area contributed by atoms with Crippen LogP contribution in [-0.4, -0.2) is 23.6 Å². The molecule has 5 heteroatoms. The van der Waals surface area contributed by atoms with Gasteiger partial charge in [-0.15, -0.1) is 0 Å². The first kappa shape index (κ1) is 27.6. The molecule has 49 heavy (non-hydrogen) atoms. The summed E-state index contributed by atoms with van der Waals surface area (Å²) in [5.74, 6) is 1.51. The Bertz CT molecular complexity index is 2810. The van der Waals surface area contributed by atoms with Crippen LogP contribution in [0.1, 0.15) is 22.9 Å². The molecule has 7 aromatic carbocycles. The van der Waals surface area contributed by atoms with Gasteiger partial charge in [-0.05, 0) is 58.3 Å². The highest BCUT2D eigenvalue weighted by molar-refractivity contribution is 6.22. The van der Waals surface area contributed by atoms with E-state index in [-0.39, 0.29) is 6.17 Å². The Morgan fingerprint density at radius 2 is 1.20 bits per heavy atom. The predicted octanol–water partition coefficient (Wildman–Crippen LogP) is 11.1. The van der Waals surface area contributed by atoms with Gasteiger partial charge in [0.15, 0.2) is 12.0 Å². The summed E-state index contributed by atoms with van der Waals surface area (Å²) >= 11 is 0. The summed E-state index contributed by atoms with van der Waals surface area (Å²) in [6.45, 7) is 0. The SMILES string of the molecule is CN1C(c2ccc3ccccc3c2)=NC(c2cccc3oc4cc(-c5ccccc5)ccc4c23)=NC1c1cccc2oc3ccccc3c12. The van der Waals surface area contributed by atoms with Crippen molar-refractivity contribution in [1.82, 2.24) is 4.90 Å². The van der Waals surface area contributed by atoms with E-state index in [1.165, 1.54) is 5.39 Å². The third-order valence-corrected chi connectivity index (χ3v) is 9.72. The van der Waals surface area contributed by atoms with Crippen LogP contribution < -0.4 is 0 Å². The molecule has 0 saturated heterocycles. The third-order valence-electron chi connectivity index (χ3n) is 9.72. The Labute approximate surface area is 282 Å². The number of hydrogen-bond acceptors (Lipinski definition) is 5. The Balaban J connectivity index is 1.21. The second-order valence-corrected chi connectivity index (χ2v) is 12.6. The van der Waals surface area contributed by atoms with Gasteiger partial charge in [0, 0.05) is 45.3 Å². The predicted molar refractivity (Wildman–Crippen MR) is 200 cm³/mol. The quantitative estimate of drug-likeness (QED) is 0.194. The van der Waals surface area contributed by atoms with Crippen molar-refractivity contribution in [3.63, 3.8) is 0 Å². The van der Waals surface area contributed by atoms with Gasteiger partial charge in [-0.3, -0.25) is 0 Å². The zero-order valence-electron chi connectivity index (χ0n) is 26.7. The van der Waals surface area contributed by atoms with Gasteiger partial charge in [-0.25, -0.2) is 9.98 Å². The highest BCUT2D eigenvalue weighted by Crippen LogP contribution is 2.40. The Morgan fingerprint density at radius 1 is 0.510 bits per heavy atom. The molecule has 3 heterocycles. The molecular weight excluding hydrogens is 603 g/mol. The molecule has 0 spiro atoms. The van der Waals surface area contributed by atoms with E-state index in [9.17, 15) is 0 Å². The number of amidine groups is 2. The highest BCUT2D eigenvalue weighted by atomic mass is 16.3. The van der Waals surface area contributed by atoms with E-state index in [1.54, 1.807) is 0 Å². The largest absolute Gasteiger partial charge is 0.456 e. The molecule has 1 atom stereocenters. The van der Waals surface area contributed by atoms with E-state index in [2.05, 4.69) is 127 Å². The first-order valence-electron chi connectivity index (χ1n) is 16.5. The summed E-state index contributed by atoms with van der Waals surface area (Å²) < 4.78 is 12.8. The molecule has 1 aliphatic heterocycles. The van der Waals surface area contributed by atoms with Crippen LogP contribution in [0.3, 0.4) is 0 Å². The molecule has 5 nitrogen and oxygen atoms in total. The molecule has 0 fully saturated rings. The van der Waals surface area contributed by atoms with Crippen molar-refractivity contribution in [3.05, 3.63) is 168 Å². The lowest BCUT2D eigenvalue weighted by atomic mass is 9.99. The molecule has 0 aliphatic carbocycles. The molecule has 0 radical (unpaired) electrons. The van der Waals surface area contributed by atoms with Crippen LogP contribution >= 0.6 is 0 Å². The van der Waals surface area contributed by atoms with Gasteiger partial charge in [-0.1, -0.05) is 115 Å². The fourth-order valence-electron chi connectivity index (χ4n) is 7.37. The van der Waals surface area contributed by atoms with Gasteiger partial charge >= 0.3 is 0 Å². The van der Waals surface area contributed by atoms with E-state index in [0.717, 1.165) is 82.9 Å². The van der Waals surface area contributed by atoms with Crippen molar-refractivity contribution in [3.8, 4) is 11.1 Å². The maximum atomic E-state index is 6.51. The lowest BCUT2D eigenvalue weighted by molar-refractivity contribution is 0.385. The molecule has 1 aliphatic rings. The van der Waals surface area contributed by atoms with Crippen LogP contribution in [0.4, 0.5) is 0 Å². The fourth-order valence-corrected chi connectivity index (χ4v) is 7.37. The molecule has 1 unspecified atom stereocenters. The summed E-state index contributed by atoms with van der Waals surface area (Å²) in [4.78, 5) is 13.0. The van der Waals surface area contributed by atoms with Crippen molar-refractivity contribution in [2.45, 2.75) is 6.17 Å². The average Bonchev–Trinajstić information content (AvgIpc) is 3.73. The summed E-state index contributed by atoms with van der Waals surface area (Å²) in [6, 6.07) is 52.5. The number of rotatable bonds is 4. The van der Waals surface area contributed by atoms with E-state index in [0.29, 0.717) is 5.84 Å². The highest BCUT2D eigenvalue weighted by Gasteiger charge is 2.30. The van der Waals surface area contributed by atoms with Crippen molar-refractivity contribution >= 4 is 66.3 Å². The normalized spacial score (nSPS) is 15.0. The standard InChI is InChI=1S/C44H29N3O2/c1-47-43(31-22-21-28-13-5-6-14-29(28)25-31)45-42(46-44(47)35-17-10-20-38-41(35)32-15-7-8-18-36(32)48-38)34-16-9-19-37-40(34)33-24-23-30(26-39(33)49-37)27-11-3-2-4-12-27/h2-26,44H,1H3. The van der Waals surface area contributed by atoms with Crippen LogP contribution in [0.15, 0.2) is 170 Å². The van der Waals surface area contributed by atoms with Crippen molar-refractivity contribution in [2.75, 3.05) is 7.05 Å². The second-order valence-electron chi connectivity index (χ2n) is 12.6. The lowest BCUT2D eigenvalue weighted by Crippen LogP contribution is -2.35. The molecular formula is C44H29N3O2. The Morgan fingerprint density at radius 3 is 2.10 bits per heavy atom. The summed E-state index contributed by atoms with van der Waals surface area (Å²) in [5.41, 5.74) is 8.64. The number of para-hydroxylation sites is 1. The van der Waals surface area contributed by atoms with Crippen LogP contribution in [0.2, 0.25) is 0 Å². The molecule has 2 aromatic heterocycles. The molecule has 0 amide bonds. The molecule has 9 aromatic rings. The van der Waals surface area contributed by atoms with Gasteiger partial charge in [0.25, 0.3) is 0 Å². The van der Waals surface area contributed by atoms with Gasteiger partial charge in [0.1, 0.15) is 28.2 Å². The van der Waals surface area contributed by atoms with Crippen molar-refractivity contribution < 1.29 is 8.83 Å². The Kier molecular flexibility index (Phi) is 6.09. The summed E-state index contributed by atoms with van der Waals surface area (Å²) in [7, 11) is 2.08. The van der Waals surface area contributed by atoms with Crippen LogP contribution in [0.5, 0.6) is 0 Å². The van der Waals surface area contributed by atoms with Crippen LogP contribution in [0, 0.1) is 0 Å². The maximum absolute atomic E-state index is 6.51. The third kappa shape index (κ3) is 4.40. The zero-order valence-corrected chi connectivity index (χ0v) is 26.7. The minimum Gasteiger partial charge on any atom is -0.456 e. The minimum atomic E-state index is -0.364. The minimum absolute atomic E-state index is 0.364. The van der Waals surface area contributed by atoms with Gasteiger partial charge in [0.2, 0.25) is 0 Å². The van der Waals surface area contributed by atoms with Crippen molar-refractivity contribution in [1.29, 1.82) is 0 Å². The van der Waals surface area contributed by atoms with Crippen LogP contribution in [-0.2, 0) is 0 Å². The van der Waals surface area contributed by atoms with Crippen LogP contribution in [0.25, 0.3) is 65.8 Å². The van der Waals surface area contributed by atoms with Gasteiger partial charge in [0.05, 0.1) is 0 Å². The van der Waals surface area contributed by atoms with E-state index < -0.39 is 0 Å². The van der Waals surface area contributed by atoms with Gasteiger partial charge < -0.3 is 13.7 Å². The van der Waals surface area contributed by atoms with E-state index >= 15 is 0 Å². The second kappa shape index (κ2) is 10.8. The number of hydrogen-bond donors (Lipinski definition) is 0. The molecule has 0 saturated carbocycles. The van der Waals surface area contributed by atoms with Crippen molar-refractivity contribution in [2.24, 2.45) is 9.98 Å². The molecule has 0 bridgehead atoms. The molecule has 232 valence electrons. The zero-order chi connectivity index (χ0) is 32.5. The number of fused-ring (bicyclic) bond motifs is 7. The Hall–Kier alpha value is -6.46. The first-order valence-corrected chi connectivity index (χ1v) is 16.5. The average molecular weight is 632 g/mol. The van der Waals surface area contributed by atoms with E-state index in [4.69, 9.17) is 18.8 Å². The summed E-state index contributed by atoms with van der Waals surface area (Å²) in [6.07, 6.45) is -0.364. The monoisotopic (exact) mass is 631 g/mol. The number of aliphatic imine (C=N–C) groups is 2. The maximum Gasteiger partial charge on any atom is 0.160 e. The molecule has 10 rings (SSSR count). The van der Waals surface area contributed by atoms with E-state index in [1.807, 2.05) is 36.4 Å². The summed E-state index contributed by atoms with van der Waals surface area (Å²) in [5, 5.41) is 6.54. The number of furan rings is 2. The number of nitrogens with zero attached hydrogens (tertiary/aromatic N) is 3. The molecule has 0 N–H and O–H groups in total. The first-order chi connectivity index (χ1) is 24.2.